The van der Waals surface area contributed by atoms with Gasteiger partial charge in [0.15, 0.2) is 0 Å². The lowest BCUT2D eigenvalue weighted by Gasteiger charge is -2.29. The molecule has 4 aromatic rings. The Balaban J connectivity index is 1.61. The van der Waals surface area contributed by atoms with Gasteiger partial charge in [0.05, 0.1) is 0 Å². The standard InChI is InChI=1S/C27H24Cl2IN3O/c28-20-5-1-17(2-6-20)26(18-3-7-21(29)8-4-18)19-15-23-24(9-12-31-27(23)25(34)16-19)32-22-10-13-33(30)14-11-22/h1-9,12,15-16,22,26,34H,10-11,13-14H2,(H,31,32). The smallest absolute Gasteiger partial charge is 0.142 e. The topological polar surface area (TPSA) is 48.4 Å². The van der Waals surface area contributed by atoms with Crippen molar-refractivity contribution < 1.29 is 5.11 Å². The van der Waals surface area contributed by atoms with Crippen LogP contribution < -0.4 is 5.32 Å². The van der Waals surface area contributed by atoms with Gasteiger partial charge in [-0.05, 0) is 72.0 Å². The molecule has 0 unspecified atom stereocenters. The van der Waals surface area contributed by atoms with Crippen LogP contribution in [0.1, 0.15) is 35.4 Å². The van der Waals surface area contributed by atoms with E-state index >= 15 is 0 Å². The number of halogens is 3. The number of benzene rings is 3. The lowest BCUT2D eigenvalue weighted by atomic mass is 9.84. The maximum atomic E-state index is 11.0. The minimum atomic E-state index is -0.0971. The number of rotatable bonds is 5. The number of pyridine rings is 1. The maximum absolute atomic E-state index is 11.0. The van der Waals surface area contributed by atoms with Crippen LogP contribution in [0.3, 0.4) is 0 Å². The number of aromatic nitrogens is 1. The first kappa shape index (κ1) is 23.7. The van der Waals surface area contributed by atoms with Crippen molar-refractivity contribution in [2.45, 2.75) is 24.8 Å². The van der Waals surface area contributed by atoms with Gasteiger partial charge in [-0.15, -0.1) is 0 Å². The average Bonchev–Trinajstić information content (AvgIpc) is 2.84. The fraction of sp³-hybridized carbons (Fsp3) is 0.222. The second-order valence-corrected chi connectivity index (χ2v) is 10.9. The van der Waals surface area contributed by atoms with Crippen molar-refractivity contribution in [1.82, 2.24) is 8.10 Å². The molecule has 34 heavy (non-hydrogen) atoms. The molecule has 0 amide bonds. The molecule has 0 saturated carbocycles. The third-order valence-corrected chi connectivity index (χ3v) is 7.86. The monoisotopic (exact) mass is 603 g/mol. The number of fused-ring (bicyclic) bond motifs is 1. The van der Waals surface area contributed by atoms with Crippen LogP contribution in [-0.4, -0.2) is 32.3 Å². The Morgan fingerprint density at radius 1 is 0.882 bits per heavy atom. The predicted octanol–water partition coefficient (Wildman–Crippen LogP) is 7.65. The van der Waals surface area contributed by atoms with Crippen LogP contribution in [-0.2, 0) is 0 Å². The lowest BCUT2D eigenvalue weighted by molar-refractivity contribution is 0.382. The van der Waals surface area contributed by atoms with Crippen LogP contribution in [0, 0.1) is 0 Å². The van der Waals surface area contributed by atoms with Crippen LogP contribution in [0.25, 0.3) is 10.9 Å². The molecule has 7 heteroatoms. The quantitative estimate of drug-likeness (QED) is 0.140. The molecule has 0 radical (unpaired) electrons. The molecule has 1 fully saturated rings. The van der Waals surface area contributed by atoms with Gasteiger partial charge in [0, 0.05) is 75.2 Å². The highest BCUT2D eigenvalue weighted by Gasteiger charge is 2.22. The van der Waals surface area contributed by atoms with Crippen LogP contribution in [0.15, 0.2) is 72.9 Å². The fourth-order valence-corrected chi connectivity index (χ4v) is 5.46. The molecular weight excluding hydrogens is 580 g/mol. The molecule has 174 valence electrons. The summed E-state index contributed by atoms with van der Waals surface area (Å²) in [6.07, 6.45) is 3.92. The number of aromatic hydroxyl groups is 1. The zero-order chi connectivity index (χ0) is 23.7. The van der Waals surface area contributed by atoms with Gasteiger partial charge < -0.3 is 10.4 Å². The number of phenols is 1. The molecule has 5 rings (SSSR count). The Bertz CT molecular complexity index is 1240. The van der Waals surface area contributed by atoms with E-state index in [9.17, 15) is 5.11 Å². The van der Waals surface area contributed by atoms with Crippen LogP contribution in [0.2, 0.25) is 10.0 Å². The molecule has 1 saturated heterocycles. The Hall–Kier alpha value is -2.06. The van der Waals surface area contributed by atoms with E-state index in [0.717, 1.165) is 53.7 Å². The SMILES string of the molecule is Oc1cc(C(c2ccc(Cl)cc2)c2ccc(Cl)cc2)cc2c(NC3CCN(I)CC3)ccnc12. The van der Waals surface area contributed by atoms with Crippen LogP contribution in [0.5, 0.6) is 5.75 Å². The minimum absolute atomic E-state index is 0.0971. The number of piperidine rings is 1. The maximum Gasteiger partial charge on any atom is 0.142 e. The van der Waals surface area contributed by atoms with E-state index in [-0.39, 0.29) is 11.7 Å². The molecule has 3 aromatic carbocycles. The molecule has 0 atom stereocenters. The van der Waals surface area contributed by atoms with Crippen molar-refractivity contribution >= 4 is 62.7 Å². The molecule has 1 aromatic heterocycles. The highest BCUT2D eigenvalue weighted by Crippen LogP contribution is 2.39. The number of nitrogens with zero attached hydrogens (tertiary/aromatic N) is 2. The van der Waals surface area contributed by atoms with Gasteiger partial charge in [0.25, 0.3) is 0 Å². The second-order valence-electron chi connectivity index (χ2n) is 8.66. The average molecular weight is 604 g/mol. The highest BCUT2D eigenvalue weighted by molar-refractivity contribution is 14.1. The Morgan fingerprint density at radius 3 is 2.06 bits per heavy atom. The van der Waals surface area contributed by atoms with Gasteiger partial charge in [0.2, 0.25) is 0 Å². The van der Waals surface area contributed by atoms with Crippen molar-refractivity contribution in [2.75, 3.05) is 18.4 Å². The Labute approximate surface area is 223 Å². The number of anilines is 1. The van der Waals surface area contributed by atoms with Gasteiger partial charge in [0.1, 0.15) is 11.3 Å². The van der Waals surface area contributed by atoms with Gasteiger partial charge in [-0.1, -0.05) is 47.5 Å². The van der Waals surface area contributed by atoms with Crippen molar-refractivity contribution in [3.05, 3.63) is 99.7 Å². The summed E-state index contributed by atoms with van der Waals surface area (Å²) in [6.45, 7) is 2.12. The Morgan fingerprint density at radius 2 is 1.47 bits per heavy atom. The molecule has 0 spiro atoms. The van der Waals surface area contributed by atoms with Crippen molar-refractivity contribution in [1.29, 1.82) is 0 Å². The third-order valence-electron chi connectivity index (χ3n) is 6.39. The normalized spacial score (nSPS) is 15.2. The zero-order valence-electron chi connectivity index (χ0n) is 18.4. The van der Waals surface area contributed by atoms with E-state index in [0.29, 0.717) is 21.6 Å². The minimum Gasteiger partial charge on any atom is -0.506 e. The van der Waals surface area contributed by atoms with E-state index in [4.69, 9.17) is 23.2 Å². The van der Waals surface area contributed by atoms with Crippen LogP contribution >= 0.6 is 46.1 Å². The summed E-state index contributed by atoms with van der Waals surface area (Å²) in [6, 6.07) is 22.1. The van der Waals surface area contributed by atoms with E-state index in [1.54, 1.807) is 6.20 Å². The number of phenolic OH excluding ortho intramolecular Hbond substituents is 1. The first-order valence-corrected chi connectivity index (χ1v) is 13.0. The zero-order valence-corrected chi connectivity index (χ0v) is 22.1. The predicted molar refractivity (Wildman–Crippen MR) is 149 cm³/mol. The van der Waals surface area contributed by atoms with Gasteiger partial charge in [-0.2, -0.15) is 0 Å². The van der Waals surface area contributed by atoms with Crippen molar-refractivity contribution in [3.63, 3.8) is 0 Å². The first-order chi connectivity index (χ1) is 16.5. The third kappa shape index (κ3) is 5.13. The molecule has 2 heterocycles. The van der Waals surface area contributed by atoms with Gasteiger partial charge in [-0.3, -0.25) is 4.98 Å². The fourth-order valence-electron chi connectivity index (χ4n) is 4.65. The molecule has 0 bridgehead atoms. The van der Waals surface area contributed by atoms with E-state index in [2.05, 4.69) is 42.3 Å². The molecule has 1 aliphatic heterocycles. The number of hydrogen-bond donors (Lipinski definition) is 2. The number of nitrogens with one attached hydrogen (secondary N) is 1. The van der Waals surface area contributed by atoms with Crippen molar-refractivity contribution in [2.24, 2.45) is 0 Å². The Kier molecular flexibility index (Phi) is 7.16. The largest absolute Gasteiger partial charge is 0.506 e. The summed E-state index contributed by atoms with van der Waals surface area (Å²) < 4.78 is 2.33. The number of hydrogen-bond acceptors (Lipinski definition) is 4. The lowest BCUT2D eigenvalue weighted by Crippen LogP contribution is -2.33. The molecule has 2 N–H and O–H groups in total. The molecule has 1 aliphatic rings. The first-order valence-electron chi connectivity index (χ1n) is 11.3. The summed E-state index contributed by atoms with van der Waals surface area (Å²) in [7, 11) is 0. The summed E-state index contributed by atoms with van der Waals surface area (Å²) >= 11 is 14.7. The molecular formula is C27H24Cl2IN3O. The van der Waals surface area contributed by atoms with Crippen molar-refractivity contribution in [3.8, 4) is 5.75 Å². The summed E-state index contributed by atoms with van der Waals surface area (Å²) in [5, 5.41) is 17.0. The van der Waals surface area contributed by atoms with E-state index in [1.807, 2.05) is 60.7 Å². The molecule has 0 aliphatic carbocycles. The van der Waals surface area contributed by atoms with Gasteiger partial charge in [-0.25, -0.2) is 3.11 Å². The summed E-state index contributed by atoms with van der Waals surface area (Å²) in [5.74, 6) is 0.0753. The van der Waals surface area contributed by atoms with E-state index in [1.165, 1.54) is 0 Å². The summed E-state index contributed by atoms with van der Waals surface area (Å²) in [4.78, 5) is 4.48. The highest BCUT2D eigenvalue weighted by atomic mass is 127. The molecule has 4 nitrogen and oxygen atoms in total. The second kappa shape index (κ2) is 10.3. The van der Waals surface area contributed by atoms with E-state index < -0.39 is 0 Å². The van der Waals surface area contributed by atoms with Crippen LogP contribution in [0.4, 0.5) is 5.69 Å². The summed E-state index contributed by atoms with van der Waals surface area (Å²) in [5.41, 5.74) is 4.75. The van der Waals surface area contributed by atoms with Gasteiger partial charge >= 0.3 is 0 Å².